The molecule has 0 fully saturated rings. The molecule has 26 heavy (non-hydrogen) atoms. The van der Waals surface area contributed by atoms with Gasteiger partial charge in [0.1, 0.15) is 11.5 Å². The molecular formula is C22H28ClNO2. The summed E-state index contributed by atoms with van der Waals surface area (Å²) < 4.78 is 0. The first-order chi connectivity index (χ1) is 12.0. The van der Waals surface area contributed by atoms with Gasteiger partial charge in [-0.05, 0) is 86.7 Å². The highest BCUT2D eigenvalue weighted by atomic mass is 35.5. The molecule has 1 unspecified atom stereocenters. The Morgan fingerprint density at radius 2 is 1.73 bits per heavy atom. The van der Waals surface area contributed by atoms with E-state index in [4.69, 9.17) is 0 Å². The van der Waals surface area contributed by atoms with Gasteiger partial charge in [0.25, 0.3) is 0 Å². The molecule has 2 aromatic rings. The second kappa shape index (κ2) is 9.11. The highest BCUT2D eigenvalue weighted by molar-refractivity contribution is 5.85. The monoisotopic (exact) mass is 373 g/mol. The first-order valence-electron chi connectivity index (χ1n) is 8.97. The molecule has 2 aromatic carbocycles. The molecule has 0 saturated carbocycles. The lowest BCUT2D eigenvalue weighted by atomic mass is 9.87. The van der Waals surface area contributed by atoms with E-state index in [1.807, 2.05) is 24.3 Å². The maximum Gasteiger partial charge on any atom is 0.116 e. The number of likely N-dealkylation sites (N-methyl/N-ethyl adjacent to an activating group) is 1. The highest BCUT2D eigenvalue weighted by Gasteiger charge is 2.22. The van der Waals surface area contributed by atoms with Crippen molar-refractivity contribution in [2.75, 3.05) is 20.6 Å². The summed E-state index contributed by atoms with van der Waals surface area (Å²) in [7, 11) is 4.21. The number of benzene rings is 2. The molecule has 0 aromatic heterocycles. The van der Waals surface area contributed by atoms with E-state index in [0.29, 0.717) is 17.4 Å². The average Bonchev–Trinajstić information content (AvgIpc) is 2.78. The molecule has 0 aliphatic heterocycles. The number of phenols is 2. The zero-order valence-electron chi connectivity index (χ0n) is 15.5. The summed E-state index contributed by atoms with van der Waals surface area (Å²) in [5, 5.41) is 19.5. The van der Waals surface area contributed by atoms with Crippen LogP contribution in [0.15, 0.2) is 54.1 Å². The summed E-state index contributed by atoms with van der Waals surface area (Å²) in [6.07, 6.45) is 4.37. The molecule has 3 nitrogen and oxygen atoms in total. The van der Waals surface area contributed by atoms with Gasteiger partial charge in [0.15, 0.2) is 0 Å². The van der Waals surface area contributed by atoms with E-state index in [9.17, 15) is 10.2 Å². The van der Waals surface area contributed by atoms with Gasteiger partial charge in [0.2, 0.25) is 0 Å². The van der Waals surface area contributed by atoms with Crippen LogP contribution < -0.4 is 0 Å². The van der Waals surface area contributed by atoms with E-state index in [-0.39, 0.29) is 12.4 Å². The van der Waals surface area contributed by atoms with E-state index in [2.05, 4.69) is 25.1 Å². The Morgan fingerprint density at radius 3 is 2.38 bits per heavy atom. The van der Waals surface area contributed by atoms with Crippen LogP contribution in [0.4, 0.5) is 0 Å². The zero-order chi connectivity index (χ0) is 17.8. The largest absolute Gasteiger partial charge is 0.508 e. The quantitative estimate of drug-likeness (QED) is 0.774. The summed E-state index contributed by atoms with van der Waals surface area (Å²) in [5.74, 6) is 1.08. The molecular weight excluding hydrogens is 346 g/mol. The van der Waals surface area contributed by atoms with Crippen molar-refractivity contribution in [2.45, 2.75) is 31.6 Å². The van der Waals surface area contributed by atoms with Gasteiger partial charge in [-0.1, -0.05) is 29.8 Å². The average molecular weight is 374 g/mol. The molecule has 1 aliphatic rings. The number of hydrogen-bond acceptors (Lipinski definition) is 3. The van der Waals surface area contributed by atoms with Gasteiger partial charge in [0, 0.05) is 6.54 Å². The summed E-state index contributed by atoms with van der Waals surface area (Å²) in [6.45, 7) is 0.952. The normalized spacial score (nSPS) is 17.7. The molecule has 0 spiro atoms. The minimum Gasteiger partial charge on any atom is -0.508 e. The van der Waals surface area contributed by atoms with Gasteiger partial charge in [-0.15, -0.1) is 12.4 Å². The minimum atomic E-state index is 0. The molecule has 2 N–H and O–H groups in total. The standard InChI is InChI=1S/C22H27NO2.ClH/c1-23(2)15-19-7-3-5-17(16-9-11-20(24)12-10-16)14-22(19)18-6-4-8-21(25)13-18;/h4,6,8-13,17,24-25H,3,5,7,14-15H2,1-2H3;1H. The van der Waals surface area contributed by atoms with Crippen molar-refractivity contribution in [1.82, 2.24) is 4.90 Å². The second-order valence-corrected chi connectivity index (χ2v) is 7.26. The van der Waals surface area contributed by atoms with Crippen molar-refractivity contribution in [1.29, 1.82) is 0 Å². The smallest absolute Gasteiger partial charge is 0.116 e. The van der Waals surface area contributed by atoms with Crippen LogP contribution in [0.3, 0.4) is 0 Å². The molecule has 0 bridgehead atoms. The number of nitrogens with zero attached hydrogens (tertiary/aromatic N) is 1. The van der Waals surface area contributed by atoms with Crippen molar-refractivity contribution in [3.8, 4) is 11.5 Å². The lowest BCUT2D eigenvalue weighted by Gasteiger charge is -2.20. The van der Waals surface area contributed by atoms with E-state index in [0.717, 1.165) is 37.8 Å². The van der Waals surface area contributed by atoms with E-state index in [1.165, 1.54) is 16.7 Å². The Bertz CT molecular complexity index is 753. The van der Waals surface area contributed by atoms with E-state index >= 15 is 0 Å². The Balaban J connectivity index is 0.00000243. The van der Waals surface area contributed by atoms with Gasteiger partial charge >= 0.3 is 0 Å². The number of allylic oxidation sites excluding steroid dienone is 1. The second-order valence-electron chi connectivity index (χ2n) is 7.26. The van der Waals surface area contributed by atoms with Gasteiger partial charge < -0.3 is 15.1 Å². The molecule has 0 amide bonds. The number of aromatic hydroxyl groups is 2. The third kappa shape index (κ3) is 5.03. The third-order valence-electron chi connectivity index (χ3n) is 4.97. The molecule has 1 atom stereocenters. The SMILES string of the molecule is CN(C)CC1=C(c2cccc(O)c2)CC(c2ccc(O)cc2)CCC1.Cl. The van der Waals surface area contributed by atoms with Crippen LogP contribution in [-0.2, 0) is 0 Å². The van der Waals surface area contributed by atoms with Crippen LogP contribution >= 0.6 is 12.4 Å². The molecule has 0 heterocycles. The van der Waals surface area contributed by atoms with Crippen LogP contribution in [0, 0.1) is 0 Å². The predicted molar refractivity (Wildman–Crippen MR) is 110 cm³/mol. The number of rotatable bonds is 4. The van der Waals surface area contributed by atoms with Gasteiger partial charge in [-0.3, -0.25) is 0 Å². The van der Waals surface area contributed by atoms with Gasteiger partial charge in [0.05, 0.1) is 0 Å². The van der Waals surface area contributed by atoms with Crippen LogP contribution in [0.5, 0.6) is 11.5 Å². The zero-order valence-corrected chi connectivity index (χ0v) is 16.3. The maximum atomic E-state index is 9.93. The van der Waals surface area contributed by atoms with E-state index in [1.54, 1.807) is 18.2 Å². The topological polar surface area (TPSA) is 43.7 Å². The van der Waals surface area contributed by atoms with Gasteiger partial charge in [-0.25, -0.2) is 0 Å². The predicted octanol–water partition coefficient (Wildman–Crippen LogP) is 5.19. The Labute approximate surface area is 162 Å². The van der Waals surface area contributed by atoms with Crippen molar-refractivity contribution in [3.63, 3.8) is 0 Å². The summed E-state index contributed by atoms with van der Waals surface area (Å²) >= 11 is 0. The molecule has 1 aliphatic carbocycles. The first-order valence-corrected chi connectivity index (χ1v) is 8.97. The molecule has 140 valence electrons. The number of phenolic OH excluding ortho intramolecular Hbond substituents is 2. The number of hydrogen-bond donors (Lipinski definition) is 2. The Morgan fingerprint density at radius 1 is 1.00 bits per heavy atom. The van der Waals surface area contributed by atoms with Crippen molar-refractivity contribution in [2.24, 2.45) is 0 Å². The molecule has 0 saturated heterocycles. The summed E-state index contributed by atoms with van der Waals surface area (Å²) in [6, 6.07) is 15.3. The Kier molecular flexibility index (Phi) is 7.13. The first kappa shape index (κ1) is 20.3. The molecule has 4 heteroatoms. The number of halogens is 1. The lowest BCUT2D eigenvalue weighted by Crippen LogP contribution is -2.16. The lowest BCUT2D eigenvalue weighted by molar-refractivity contribution is 0.438. The van der Waals surface area contributed by atoms with E-state index < -0.39 is 0 Å². The highest BCUT2D eigenvalue weighted by Crippen LogP contribution is 2.40. The Hall–Kier alpha value is -1.97. The molecule has 3 rings (SSSR count). The fraction of sp³-hybridized carbons (Fsp3) is 0.364. The van der Waals surface area contributed by atoms with Crippen LogP contribution in [0.1, 0.15) is 42.7 Å². The van der Waals surface area contributed by atoms with Crippen molar-refractivity contribution >= 4 is 18.0 Å². The van der Waals surface area contributed by atoms with Crippen molar-refractivity contribution < 1.29 is 10.2 Å². The summed E-state index contributed by atoms with van der Waals surface area (Å²) in [5.41, 5.74) is 5.24. The van der Waals surface area contributed by atoms with Crippen molar-refractivity contribution in [3.05, 3.63) is 65.2 Å². The maximum absolute atomic E-state index is 9.93. The van der Waals surface area contributed by atoms with Gasteiger partial charge in [-0.2, -0.15) is 0 Å². The summed E-state index contributed by atoms with van der Waals surface area (Å²) in [4.78, 5) is 2.22. The molecule has 0 radical (unpaired) electrons. The fourth-order valence-corrected chi connectivity index (χ4v) is 3.81. The van der Waals surface area contributed by atoms with Crippen LogP contribution in [0.25, 0.3) is 5.57 Å². The van der Waals surface area contributed by atoms with Crippen LogP contribution in [-0.4, -0.2) is 35.8 Å². The fourth-order valence-electron chi connectivity index (χ4n) is 3.81. The van der Waals surface area contributed by atoms with Crippen LogP contribution in [0.2, 0.25) is 0 Å². The minimum absolute atomic E-state index is 0. The third-order valence-corrected chi connectivity index (χ3v) is 4.97.